The molecule has 0 spiro atoms. The monoisotopic (exact) mass is 345 g/mol. The topological polar surface area (TPSA) is 65.1 Å². The Labute approximate surface area is 147 Å². The minimum absolute atomic E-state index is 0.0979. The predicted molar refractivity (Wildman–Crippen MR) is 88.4 cm³/mol. The number of rotatable bonds is 2. The van der Waals surface area contributed by atoms with Crippen LogP contribution in [0.15, 0.2) is 24.3 Å². The number of hydroxylamine groups is 2. The van der Waals surface area contributed by atoms with E-state index in [4.69, 9.17) is 14.3 Å². The van der Waals surface area contributed by atoms with E-state index in [0.29, 0.717) is 26.1 Å². The van der Waals surface area contributed by atoms with Crippen molar-refractivity contribution in [2.75, 3.05) is 20.3 Å². The van der Waals surface area contributed by atoms with E-state index in [1.165, 1.54) is 12.2 Å². The van der Waals surface area contributed by atoms with Crippen molar-refractivity contribution in [3.63, 3.8) is 0 Å². The van der Waals surface area contributed by atoms with Gasteiger partial charge in [-0.1, -0.05) is 31.0 Å². The highest BCUT2D eigenvalue weighted by Gasteiger charge is 2.48. The van der Waals surface area contributed by atoms with Gasteiger partial charge in [0.15, 0.2) is 0 Å². The number of ether oxygens (including phenoxy) is 2. The van der Waals surface area contributed by atoms with E-state index in [2.05, 4.69) is 0 Å². The Morgan fingerprint density at radius 2 is 1.88 bits per heavy atom. The average molecular weight is 345 g/mol. The van der Waals surface area contributed by atoms with E-state index in [9.17, 15) is 9.59 Å². The summed E-state index contributed by atoms with van der Waals surface area (Å²) in [6.45, 7) is 0.997. The van der Waals surface area contributed by atoms with Crippen molar-refractivity contribution in [1.29, 1.82) is 0 Å². The molecular weight excluding hydrogens is 322 g/mol. The van der Waals surface area contributed by atoms with Crippen molar-refractivity contribution in [2.45, 2.75) is 31.7 Å². The molecule has 6 nitrogen and oxygen atoms in total. The van der Waals surface area contributed by atoms with Crippen molar-refractivity contribution in [3.8, 4) is 5.75 Å². The van der Waals surface area contributed by atoms with Crippen molar-refractivity contribution in [2.24, 2.45) is 17.8 Å². The molecule has 3 aliphatic rings. The molecule has 25 heavy (non-hydrogen) atoms. The number of fused-ring (bicyclic) bond motifs is 3. The molecule has 1 saturated heterocycles. The van der Waals surface area contributed by atoms with Gasteiger partial charge >= 0.3 is 5.97 Å². The highest BCUT2D eigenvalue weighted by Crippen LogP contribution is 2.45. The number of nitrogens with zero attached hydrogens (tertiary/aromatic N) is 1. The fourth-order valence-electron chi connectivity index (χ4n) is 4.34. The Bertz CT molecular complexity index is 676. The first-order valence-corrected chi connectivity index (χ1v) is 8.96. The SMILES string of the molecule is COC(=O)[C@H]1CCCC[C@H]1C(=O)N1OC[C@H]2COc3ccccc3[C@H]21. The molecular formula is C19H23NO5. The van der Waals surface area contributed by atoms with Crippen molar-refractivity contribution in [1.82, 2.24) is 5.06 Å². The first-order chi connectivity index (χ1) is 12.2. The minimum atomic E-state index is -0.371. The standard InChI is InChI=1S/C19H23NO5/c1-23-19(22)14-7-3-2-6-13(14)18(21)20-17-12(11-25-20)10-24-16-9-5-4-8-15(16)17/h4-5,8-9,12-14,17H,2-3,6-7,10-11H2,1H3/t12-,13-,14+,17+/m1/s1. The molecule has 2 heterocycles. The van der Waals surface area contributed by atoms with E-state index in [1.807, 2.05) is 24.3 Å². The predicted octanol–water partition coefficient (Wildman–Crippen LogP) is 2.49. The molecule has 0 N–H and O–H groups in total. The Kier molecular flexibility index (Phi) is 4.37. The van der Waals surface area contributed by atoms with Crippen LogP contribution in [-0.2, 0) is 19.2 Å². The molecule has 1 saturated carbocycles. The molecule has 0 bridgehead atoms. The molecule has 2 fully saturated rings. The third kappa shape index (κ3) is 2.78. The number of methoxy groups -OCH3 is 1. The molecule has 1 aliphatic carbocycles. The van der Waals surface area contributed by atoms with Gasteiger partial charge in [0, 0.05) is 11.5 Å². The Hall–Kier alpha value is -2.08. The van der Waals surface area contributed by atoms with Crippen molar-refractivity contribution in [3.05, 3.63) is 29.8 Å². The lowest BCUT2D eigenvalue weighted by atomic mass is 9.78. The number of benzene rings is 1. The molecule has 1 aromatic carbocycles. The lowest BCUT2D eigenvalue weighted by Crippen LogP contribution is -2.43. The Morgan fingerprint density at radius 3 is 2.68 bits per heavy atom. The zero-order chi connectivity index (χ0) is 17.4. The van der Waals surface area contributed by atoms with Gasteiger partial charge in [-0.15, -0.1) is 0 Å². The van der Waals surface area contributed by atoms with Gasteiger partial charge in [0.25, 0.3) is 5.91 Å². The van der Waals surface area contributed by atoms with Crippen LogP contribution >= 0.6 is 0 Å². The van der Waals surface area contributed by atoms with Crippen LogP contribution in [0.5, 0.6) is 5.75 Å². The minimum Gasteiger partial charge on any atom is -0.493 e. The first kappa shape index (κ1) is 16.4. The summed E-state index contributed by atoms with van der Waals surface area (Å²) >= 11 is 0. The molecule has 4 rings (SSSR count). The van der Waals surface area contributed by atoms with Crippen LogP contribution in [0.3, 0.4) is 0 Å². The van der Waals surface area contributed by atoms with E-state index in [0.717, 1.165) is 24.2 Å². The van der Waals surface area contributed by atoms with E-state index < -0.39 is 0 Å². The van der Waals surface area contributed by atoms with Gasteiger partial charge in [-0.2, -0.15) is 0 Å². The van der Waals surface area contributed by atoms with Gasteiger partial charge in [-0.3, -0.25) is 14.4 Å². The molecule has 0 unspecified atom stereocenters. The third-order valence-corrected chi connectivity index (χ3v) is 5.62. The van der Waals surface area contributed by atoms with Gasteiger partial charge in [-0.25, -0.2) is 5.06 Å². The summed E-state index contributed by atoms with van der Waals surface area (Å²) in [6.07, 6.45) is 3.30. The van der Waals surface area contributed by atoms with Crippen LogP contribution in [0, 0.1) is 17.8 Å². The van der Waals surface area contributed by atoms with Crippen molar-refractivity contribution < 1.29 is 23.9 Å². The highest BCUT2D eigenvalue weighted by molar-refractivity contribution is 5.85. The van der Waals surface area contributed by atoms with Crippen molar-refractivity contribution >= 4 is 11.9 Å². The molecule has 0 radical (unpaired) electrons. The van der Waals surface area contributed by atoms with Crippen LogP contribution in [0.25, 0.3) is 0 Å². The van der Waals surface area contributed by atoms with Crippen LogP contribution in [0.4, 0.5) is 0 Å². The molecule has 134 valence electrons. The van der Waals surface area contributed by atoms with E-state index in [-0.39, 0.29) is 35.7 Å². The van der Waals surface area contributed by atoms with E-state index in [1.54, 1.807) is 0 Å². The summed E-state index contributed by atoms with van der Waals surface area (Å²) < 4.78 is 10.7. The summed E-state index contributed by atoms with van der Waals surface area (Å²) in [7, 11) is 1.38. The summed E-state index contributed by atoms with van der Waals surface area (Å²) in [5, 5.41) is 1.51. The molecule has 1 amide bonds. The van der Waals surface area contributed by atoms with Crippen LogP contribution in [0.1, 0.15) is 37.3 Å². The Balaban J connectivity index is 1.61. The normalized spacial score (nSPS) is 30.8. The quantitative estimate of drug-likeness (QED) is 0.771. The molecule has 2 aliphatic heterocycles. The highest BCUT2D eigenvalue weighted by atomic mass is 16.7. The van der Waals surface area contributed by atoms with Crippen LogP contribution in [-0.4, -0.2) is 37.3 Å². The maximum Gasteiger partial charge on any atom is 0.309 e. The number of para-hydroxylation sites is 1. The molecule has 0 aromatic heterocycles. The van der Waals surface area contributed by atoms with Gasteiger partial charge in [0.1, 0.15) is 5.75 Å². The number of hydrogen-bond acceptors (Lipinski definition) is 5. The first-order valence-electron chi connectivity index (χ1n) is 8.96. The fraction of sp³-hybridized carbons (Fsp3) is 0.579. The summed E-state index contributed by atoms with van der Waals surface area (Å²) in [5.74, 6) is -0.196. The Morgan fingerprint density at radius 1 is 1.12 bits per heavy atom. The molecule has 4 atom stereocenters. The fourth-order valence-corrected chi connectivity index (χ4v) is 4.34. The maximum atomic E-state index is 13.2. The second-order valence-electron chi connectivity index (χ2n) is 7.03. The maximum absolute atomic E-state index is 13.2. The number of esters is 1. The van der Waals surface area contributed by atoms with Gasteiger partial charge < -0.3 is 9.47 Å². The summed E-state index contributed by atoms with van der Waals surface area (Å²) in [4.78, 5) is 31.2. The summed E-state index contributed by atoms with van der Waals surface area (Å²) in [5.41, 5.74) is 0.982. The van der Waals surface area contributed by atoms with Gasteiger partial charge in [-0.05, 0) is 18.9 Å². The van der Waals surface area contributed by atoms with Crippen LogP contribution in [0.2, 0.25) is 0 Å². The third-order valence-electron chi connectivity index (χ3n) is 5.62. The van der Waals surface area contributed by atoms with Gasteiger partial charge in [0.05, 0.1) is 38.2 Å². The summed E-state index contributed by atoms with van der Waals surface area (Å²) in [6, 6.07) is 7.64. The van der Waals surface area contributed by atoms with Crippen LogP contribution < -0.4 is 4.74 Å². The second-order valence-corrected chi connectivity index (χ2v) is 7.03. The molecule has 6 heteroatoms. The smallest absolute Gasteiger partial charge is 0.309 e. The number of carbonyl (C=O) groups excluding carboxylic acids is 2. The largest absolute Gasteiger partial charge is 0.493 e. The van der Waals surface area contributed by atoms with Gasteiger partial charge in [0.2, 0.25) is 0 Å². The second kappa shape index (κ2) is 6.67. The lowest BCUT2D eigenvalue weighted by Gasteiger charge is -2.35. The molecule has 1 aromatic rings. The average Bonchev–Trinajstić information content (AvgIpc) is 3.11. The number of amides is 1. The zero-order valence-corrected chi connectivity index (χ0v) is 14.3. The number of carbonyl (C=O) groups is 2. The number of hydrogen-bond donors (Lipinski definition) is 0. The lowest BCUT2D eigenvalue weighted by molar-refractivity contribution is -0.187. The zero-order valence-electron chi connectivity index (χ0n) is 14.3. The van der Waals surface area contributed by atoms with E-state index >= 15 is 0 Å².